The van der Waals surface area contributed by atoms with Gasteiger partial charge in [0.05, 0.1) is 12.4 Å². The largest absolute Gasteiger partial charge is 0.379 e. The molecule has 0 heterocycles. The molecular formula is C8H19NO3S. The molecule has 0 saturated heterocycles. The van der Waals surface area contributed by atoms with Crippen LogP contribution in [0, 0.1) is 0 Å². The molecule has 0 radical (unpaired) electrons. The van der Waals surface area contributed by atoms with Crippen LogP contribution < -0.4 is 4.72 Å². The van der Waals surface area contributed by atoms with E-state index >= 15 is 0 Å². The van der Waals surface area contributed by atoms with Gasteiger partial charge in [-0.25, -0.2) is 13.1 Å². The molecule has 5 heteroatoms. The van der Waals surface area contributed by atoms with Gasteiger partial charge in [-0.3, -0.25) is 0 Å². The highest BCUT2D eigenvalue weighted by Gasteiger charge is 1.98. The lowest BCUT2D eigenvalue weighted by atomic mass is 10.3. The van der Waals surface area contributed by atoms with Gasteiger partial charge in [0.1, 0.15) is 0 Å². The van der Waals surface area contributed by atoms with Crippen molar-refractivity contribution in [2.45, 2.75) is 32.8 Å². The molecule has 0 aromatic carbocycles. The first-order valence-electron chi connectivity index (χ1n) is 4.48. The van der Waals surface area contributed by atoms with E-state index in [1.165, 1.54) is 0 Å². The smallest absolute Gasteiger partial charge is 0.208 e. The van der Waals surface area contributed by atoms with Crippen molar-refractivity contribution in [1.82, 2.24) is 4.72 Å². The van der Waals surface area contributed by atoms with Gasteiger partial charge in [-0.15, -0.1) is 0 Å². The summed E-state index contributed by atoms with van der Waals surface area (Å²) in [5.74, 6) is 0. The molecule has 0 rings (SSSR count). The van der Waals surface area contributed by atoms with Crippen molar-refractivity contribution in [2.75, 3.05) is 19.4 Å². The second-order valence-electron chi connectivity index (χ2n) is 3.29. The van der Waals surface area contributed by atoms with E-state index in [-0.39, 0.29) is 6.10 Å². The second kappa shape index (κ2) is 6.34. The van der Waals surface area contributed by atoms with E-state index in [9.17, 15) is 8.42 Å². The van der Waals surface area contributed by atoms with Crippen LogP contribution in [0.15, 0.2) is 0 Å². The topological polar surface area (TPSA) is 55.4 Å². The summed E-state index contributed by atoms with van der Waals surface area (Å²) < 4.78 is 29.0. The highest BCUT2D eigenvalue weighted by molar-refractivity contribution is 7.88. The van der Waals surface area contributed by atoms with E-state index in [4.69, 9.17) is 4.74 Å². The van der Waals surface area contributed by atoms with Gasteiger partial charge < -0.3 is 4.74 Å². The summed E-state index contributed by atoms with van der Waals surface area (Å²) in [6.45, 7) is 5.16. The van der Waals surface area contributed by atoms with Crippen LogP contribution in [-0.2, 0) is 14.8 Å². The molecule has 13 heavy (non-hydrogen) atoms. The van der Waals surface area contributed by atoms with Gasteiger partial charge in [0.15, 0.2) is 0 Å². The third-order valence-electron chi connectivity index (χ3n) is 1.39. The third-order valence-corrected chi connectivity index (χ3v) is 2.12. The molecule has 80 valence electrons. The normalized spacial score (nSPS) is 12.3. The molecule has 4 nitrogen and oxygen atoms in total. The zero-order valence-electron chi connectivity index (χ0n) is 8.54. The van der Waals surface area contributed by atoms with Crippen molar-refractivity contribution < 1.29 is 13.2 Å². The molecule has 0 aromatic heterocycles. The standard InChI is InChI=1S/C8H19NO3S/c1-8(2)12-7-5-4-6-9-13(3,10)11/h8-9H,4-7H2,1-3H3. The van der Waals surface area contributed by atoms with Crippen molar-refractivity contribution in [1.29, 1.82) is 0 Å². The first-order chi connectivity index (χ1) is 5.92. The van der Waals surface area contributed by atoms with Crippen molar-refractivity contribution >= 4 is 10.0 Å². The number of nitrogens with one attached hydrogen (secondary N) is 1. The summed E-state index contributed by atoms with van der Waals surface area (Å²) in [5.41, 5.74) is 0. The van der Waals surface area contributed by atoms with E-state index in [1.54, 1.807) is 0 Å². The van der Waals surface area contributed by atoms with Crippen LogP contribution in [0.3, 0.4) is 0 Å². The molecule has 0 unspecified atom stereocenters. The van der Waals surface area contributed by atoms with Gasteiger partial charge in [-0.05, 0) is 26.7 Å². The lowest BCUT2D eigenvalue weighted by Crippen LogP contribution is -2.23. The molecule has 0 atom stereocenters. The summed E-state index contributed by atoms with van der Waals surface area (Å²) in [6, 6.07) is 0. The highest BCUT2D eigenvalue weighted by Crippen LogP contribution is 1.93. The van der Waals surface area contributed by atoms with Gasteiger partial charge in [0, 0.05) is 13.2 Å². The number of sulfonamides is 1. The number of ether oxygens (including phenoxy) is 1. The number of hydrogen-bond donors (Lipinski definition) is 1. The van der Waals surface area contributed by atoms with Crippen LogP contribution >= 0.6 is 0 Å². The monoisotopic (exact) mass is 209 g/mol. The van der Waals surface area contributed by atoms with Crippen LogP contribution in [0.1, 0.15) is 26.7 Å². The Bertz CT molecular complexity index is 211. The molecule has 0 bridgehead atoms. The fraction of sp³-hybridized carbons (Fsp3) is 1.00. The third kappa shape index (κ3) is 11.9. The Labute approximate surface area is 80.7 Å². The Morgan fingerprint density at radius 3 is 2.38 bits per heavy atom. The molecule has 0 fully saturated rings. The fourth-order valence-electron chi connectivity index (χ4n) is 0.804. The molecular weight excluding hydrogens is 190 g/mol. The molecule has 0 aliphatic heterocycles. The molecule has 0 aliphatic rings. The summed E-state index contributed by atoms with van der Waals surface area (Å²) in [5, 5.41) is 0. The number of unbranched alkanes of at least 4 members (excludes halogenated alkanes) is 1. The number of rotatable bonds is 7. The minimum absolute atomic E-state index is 0.253. The van der Waals surface area contributed by atoms with Gasteiger partial charge in [-0.2, -0.15) is 0 Å². The summed E-state index contributed by atoms with van der Waals surface area (Å²) in [6.07, 6.45) is 3.13. The van der Waals surface area contributed by atoms with Gasteiger partial charge in [0.2, 0.25) is 10.0 Å². The lowest BCUT2D eigenvalue weighted by Gasteiger charge is -2.06. The Hall–Kier alpha value is -0.130. The minimum atomic E-state index is -3.02. The van der Waals surface area contributed by atoms with Crippen LogP contribution in [0.2, 0.25) is 0 Å². The zero-order valence-corrected chi connectivity index (χ0v) is 9.36. The Kier molecular flexibility index (Phi) is 6.28. The second-order valence-corrected chi connectivity index (χ2v) is 5.13. The zero-order chi connectivity index (χ0) is 10.3. The maximum Gasteiger partial charge on any atom is 0.208 e. The SMILES string of the molecule is CC(C)OCCCCNS(C)(=O)=O. The van der Waals surface area contributed by atoms with Crippen molar-refractivity contribution in [3.8, 4) is 0 Å². The molecule has 1 N–H and O–H groups in total. The van der Waals surface area contributed by atoms with Gasteiger partial charge in [0.25, 0.3) is 0 Å². The van der Waals surface area contributed by atoms with Crippen LogP contribution in [0.5, 0.6) is 0 Å². The first-order valence-corrected chi connectivity index (χ1v) is 6.37. The molecule has 0 amide bonds. The van der Waals surface area contributed by atoms with Gasteiger partial charge >= 0.3 is 0 Å². The quantitative estimate of drug-likeness (QED) is 0.629. The van der Waals surface area contributed by atoms with Crippen LogP contribution in [0.4, 0.5) is 0 Å². The van der Waals surface area contributed by atoms with E-state index in [0.717, 1.165) is 19.1 Å². The van der Waals surface area contributed by atoms with E-state index in [1.807, 2.05) is 13.8 Å². The van der Waals surface area contributed by atoms with E-state index < -0.39 is 10.0 Å². The van der Waals surface area contributed by atoms with E-state index in [2.05, 4.69) is 4.72 Å². The van der Waals surface area contributed by atoms with Gasteiger partial charge in [-0.1, -0.05) is 0 Å². The molecule has 0 aromatic rings. The average molecular weight is 209 g/mol. The average Bonchev–Trinajstić information content (AvgIpc) is 1.93. The molecule has 0 saturated carbocycles. The summed E-state index contributed by atoms with van der Waals surface area (Å²) in [7, 11) is -3.02. The first kappa shape index (κ1) is 12.9. The van der Waals surface area contributed by atoms with Crippen molar-refractivity contribution in [3.05, 3.63) is 0 Å². The minimum Gasteiger partial charge on any atom is -0.379 e. The molecule has 0 spiro atoms. The maximum atomic E-state index is 10.6. The highest BCUT2D eigenvalue weighted by atomic mass is 32.2. The predicted octanol–water partition coefficient (Wildman–Crippen LogP) is 0.741. The lowest BCUT2D eigenvalue weighted by molar-refractivity contribution is 0.0762. The van der Waals surface area contributed by atoms with E-state index in [0.29, 0.717) is 13.2 Å². The fourth-order valence-corrected chi connectivity index (χ4v) is 1.32. The van der Waals surface area contributed by atoms with Crippen LogP contribution in [0.25, 0.3) is 0 Å². The van der Waals surface area contributed by atoms with Crippen LogP contribution in [-0.4, -0.2) is 33.9 Å². The van der Waals surface area contributed by atoms with Crippen molar-refractivity contribution in [2.24, 2.45) is 0 Å². The number of hydrogen-bond acceptors (Lipinski definition) is 3. The predicted molar refractivity (Wildman–Crippen MR) is 53.2 cm³/mol. The summed E-state index contributed by atoms with van der Waals surface area (Å²) in [4.78, 5) is 0. The Balaban J connectivity index is 3.18. The maximum absolute atomic E-state index is 10.6. The Morgan fingerprint density at radius 1 is 1.31 bits per heavy atom. The molecule has 0 aliphatic carbocycles. The van der Waals surface area contributed by atoms with Crippen molar-refractivity contribution in [3.63, 3.8) is 0 Å². The summed E-state index contributed by atoms with van der Waals surface area (Å²) >= 11 is 0. The Morgan fingerprint density at radius 2 is 1.92 bits per heavy atom.